The zero-order valence-electron chi connectivity index (χ0n) is 6.35. The number of H-pyrrole nitrogens is 1. The van der Waals surface area contributed by atoms with Crippen molar-refractivity contribution in [1.82, 2.24) is 10.2 Å². The van der Waals surface area contributed by atoms with E-state index in [1.165, 1.54) is 0 Å². The zero-order valence-corrected chi connectivity index (χ0v) is 6.35. The first-order chi connectivity index (χ1) is 5.70. The van der Waals surface area contributed by atoms with Crippen molar-refractivity contribution in [2.75, 3.05) is 5.73 Å². The number of fused-ring (bicyclic) bond motifs is 1. The third kappa shape index (κ3) is 0.888. The molecule has 0 saturated heterocycles. The van der Waals surface area contributed by atoms with Crippen LogP contribution in [0.25, 0.3) is 0 Å². The molecule has 0 amide bonds. The molecule has 2 unspecified atom stereocenters. The average molecular weight is 173 g/mol. The maximum absolute atomic E-state index is 13.1. The summed E-state index contributed by atoms with van der Waals surface area (Å²) in [5.41, 5.74) is 6.21. The van der Waals surface area contributed by atoms with Crippen LogP contribution in [-0.4, -0.2) is 16.4 Å². The van der Waals surface area contributed by atoms with Gasteiger partial charge in [-0.2, -0.15) is 5.10 Å². The molecule has 0 radical (unpaired) electrons. The summed E-state index contributed by atoms with van der Waals surface area (Å²) in [6.07, 6.45) is -2.35. The molecule has 3 N–H and O–H groups in total. The first kappa shape index (κ1) is 7.52. The summed E-state index contributed by atoms with van der Waals surface area (Å²) in [6, 6.07) is 0. The second-order valence-electron chi connectivity index (χ2n) is 2.96. The van der Waals surface area contributed by atoms with Gasteiger partial charge in [-0.05, 0) is 12.8 Å². The number of aromatic nitrogens is 2. The van der Waals surface area contributed by atoms with E-state index in [1.54, 1.807) is 0 Å². The van der Waals surface area contributed by atoms with Gasteiger partial charge in [0.05, 0.1) is 5.56 Å². The van der Waals surface area contributed by atoms with E-state index in [0.29, 0.717) is 12.1 Å². The number of aryl methyl sites for hydroxylation is 1. The molecule has 66 valence electrons. The Balaban J connectivity index is 2.45. The molecule has 0 fully saturated rings. The number of anilines is 1. The lowest BCUT2D eigenvalue weighted by atomic mass is 9.94. The van der Waals surface area contributed by atoms with Crippen molar-refractivity contribution in [1.29, 1.82) is 0 Å². The van der Waals surface area contributed by atoms with Crippen molar-refractivity contribution in [3.05, 3.63) is 11.3 Å². The Labute approximate surface area is 68.0 Å². The molecule has 2 atom stereocenters. The van der Waals surface area contributed by atoms with E-state index in [9.17, 15) is 8.78 Å². The van der Waals surface area contributed by atoms with E-state index in [0.717, 1.165) is 0 Å². The molecular weight excluding hydrogens is 164 g/mol. The van der Waals surface area contributed by atoms with E-state index in [-0.39, 0.29) is 17.8 Å². The minimum atomic E-state index is -1.60. The van der Waals surface area contributed by atoms with Crippen molar-refractivity contribution < 1.29 is 8.78 Å². The fourth-order valence-electron chi connectivity index (χ4n) is 1.51. The van der Waals surface area contributed by atoms with Crippen molar-refractivity contribution >= 4 is 5.82 Å². The van der Waals surface area contributed by atoms with Crippen molar-refractivity contribution in [3.8, 4) is 0 Å². The number of rotatable bonds is 0. The lowest BCUT2D eigenvalue weighted by Crippen LogP contribution is -2.18. The molecule has 1 heterocycles. The highest BCUT2D eigenvalue weighted by Gasteiger charge is 2.33. The number of hydrogen-bond donors (Lipinski definition) is 2. The largest absolute Gasteiger partial charge is 0.382 e. The standard InChI is InChI=1S/C7H9F2N3/c8-3-1-2-4-5(6(3)9)7(10)12-11-4/h3,6H,1-2H2,(H3,10,11,12). The van der Waals surface area contributed by atoms with Crippen molar-refractivity contribution in [2.24, 2.45) is 0 Å². The summed E-state index contributed by atoms with van der Waals surface area (Å²) in [6.45, 7) is 0. The average Bonchev–Trinajstić information content (AvgIpc) is 2.41. The molecule has 0 spiro atoms. The lowest BCUT2D eigenvalue weighted by Gasteiger charge is -2.19. The normalized spacial score (nSPS) is 28.5. The summed E-state index contributed by atoms with van der Waals surface area (Å²) >= 11 is 0. The Morgan fingerprint density at radius 1 is 1.50 bits per heavy atom. The summed E-state index contributed by atoms with van der Waals surface area (Å²) < 4.78 is 26.0. The first-order valence-corrected chi connectivity index (χ1v) is 3.81. The Kier molecular flexibility index (Phi) is 1.52. The van der Waals surface area contributed by atoms with Gasteiger partial charge >= 0.3 is 0 Å². The third-order valence-corrected chi connectivity index (χ3v) is 2.18. The molecule has 0 saturated carbocycles. The first-order valence-electron chi connectivity index (χ1n) is 3.81. The van der Waals surface area contributed by atoms with Crippen LogP contribution in [0, 0.1) is 0 Å². The molecular formula is C7H9F2N3. The number of alkyl halides is 2. The van der Waals surface area contributed by atoms with Crippen LogP contribution in [0.1, 0.15) is 23.8 Å². The maximum atomic E-state index is 13.1. The van der Waals surface area contributed by atoms with E-state index in [2.05, 4.69) is 10.2 Å². The van der Waals surface area contributed by atoms with Crippen LogP contribution in [0.15, 0.2) is 0 Å². The molecule has 0 aliphatic heterocycles. The molecule has 5 heteroatoms. The molecule has 0 aromatic carbocycles. The molecule has 0 bridgehead atoms. The van der Waals surface area contributed by atoms with E-state index < -0.39 is 12.3 Å². The van der Waals surface area contributed by atoms with Crippen LogP contribution in [0.4, 0.5) is 14.6 Å². The van der Waals surface area contributed by atoms with Crippen molar-refractivity contribution in [3.63, 3.8) is 0 Å². The number of halogens is 2. The lowest BCUT2D eigenvalue weighted by molar-refractivity contribution is 0.149. The van der Waals surface area contributed by atoms with Gasteiger partial charge in [0.1, 0.15) is 6.17 Å². The van der Waals surface area contributed by atoms with Crippen LogP contribution in [0.2, 0.25) is 0 Å². The summed E-state index contributed by atoms with van der Waals surface area (Å²) in [4.78, 5) is 0. The third-order valence-electron chi connectivity index (χ3n) is 2.18. The van der Waals surface area contributed by atoms with Crippen molar-refractivity contribution in [2.45, 2.75) is 25.2 Å². The minimum Gasteiger partial charge on any atom is -0.382 e. The maximum Gasteiger partial charge on any atom is 0.162 e. The van der Waals surface area contributed by atoms with Crippen LogP contribution >= 0.6 is 0 Å². The number of nitrogen functional groups attached to an aromatic ring is 1. The number of nitrogens with one attached hydrogen (secondary N) is 1. The van der Waals surface area contributed by atoms with Gasteiger partial charge in [0.2, 0.25) is 0 Å². The predicted octanol–water partition coefficient (Wildman–Crippen LogP) is 1.29. The molecule has 2 rings (SSSR count). The van der Waals surface area contributed by atoms with Gasteiger partial charge in [-0.25, -0.2) is 8.78 Å². The quantitative estimate of drug-likeness (QED) is 0.621. The van der Waals surface area contributed by atoms with Crippen LogP contribution in [0.5, 0.6) is 0 Å². The molecule has 1 aromatic rings. The van der Waals surface area contributed by atoms with Gasteiger partial charge in [0, 0.05) is 5.69 Å². The minimum absolute atomic E-state index is 0.0832. The van der Waals surface area contributed by atoms with Crippen LogP contribution in [0.3, 0.4) is 0 Å². The number of nitrogens with zero attached hydrogens (tertiary/aromatic N) is 1. The van der Waals surface area contributed by atoms with Crippen LogP contribution in [-0.2, 0) is 6.42 Å². The summed E-state index contributed by atoms with van der Waals surface area (Å²) in [5.74, 6) is 0.0832. The molecule has 12 heavy (non-hydrogen) atoms. The number of nitrogens with two attached hydrogens (primary N) is 1. The second kappa shape index (κ2) is 2.43. The van der Waals surface area contributed by atoms with Gasteiger partial charge in [-0.15, -0.1) is 0 Å². The van der Waals surface area contributed by atoms with Gasteiger partial charge in [-0.3, -0.25) is 5.10 Å². The highest BCUT2D eigenvalue weighted by Crippen LogP contribution is 2.36. The Morgan fingerprint density at radius 2 is 2.25 bits per heavy atom. The summed E-state index contributed by atoms with van der Waals surface area (Å²) in [5, 5.41) is 6.22. The fourth-order valence-corrected chi connectivity index (χ4v) is 1.51. The topological polar surface area (TPSA) is 54.7 Å². The number of aromatic amines is 1. The Hall–Kier alpha value is -1.13. The second-order valence-corrected chi connectivity index (χ2v) is 2.96. The van der Waals surface area contributed by atoms with E-state index >= 15 is 0 Å². The van der Waals surface area contributed by atoms with Gasteiger partial charge in [-0.1, -0.05) is 0 Å². The molecule has 1 aliphatic carbocycles. The number of hydrogen-bond acceptors (Lipinski definition) is 2. The highest BCUT2D eigenvalue weighted by molar-refractivity contribution is 5.45. The Morgan fingerprint density at radius 3 is 3.00 bits per heavy atom. The smallest absolute Gasteiger partial charge is 0.162 e. The summed E-state index contributed by atoms with van der Waals surface area (Å²) in [7, 11) is 0. The molecule has 1 aromatic heterocycles. The monoisotopic (exact) mass is 173 g/mol. The van der Waals surface area contributed by atoms with Crippen LogP contribution < -0.4 is 5.73 Å². The van der Waals surface area contributed by atoms with E-state index in [1.807, 2.05) is 0 Å². The van der Waals surface area contributed by atoms with Gasteiger partial charge in [0.15, 0.2) is 12.0 Å². The highest BCUT2D eigenvalue weighted by atomic mass is 19.2. The van der Waals surface area contributed by atoms with Gasteiger partial charge < -0.3 is 5.73 Å². The Bertz CT molecular complexity index is 297. The zero-order chi connectivity index (χ0) is 8.72. The van der Waals surface area contributed by atoms with Gasteiger partial charge in [0.25, 0.3) is 0 Å². The SMILES string of the molecule is Nc1n[nH]c2c1C(F)C(F)CC2. The fraction of sp³-hybridized carbons (Fsp3) is 0.571. The molecule has 1 aliphatic rings. The van der Waals surface area contributed by atoms with E-state index in [4.69, 9.17) is 5.73 Å². The predicted molar refractivity (Wildman–Crippen MR) is 40.1 cm³/mol. The molecule has 3 nitrogen and oxygen atoms in total.